The third-order valence-electron chi connectivity index (χ3n) is 2.73. The van der Waals surface area contributed by atoms with E-state index in [2.05, 4.69) is 39.7 Å². The van der Waals surface area contributed by atoms with Gasteiger partial charge in [0.25, 0.3) is 5.88 Å². The average molecular weight is 325 g/mol. The maximum absolute atomic E-state index is 13.8. The van der Waals surface area contributed by atoms with Crippen molar-refractivity contribution in [1.82, 2.24) is 9.97 Å². The first-order chi connectivity index (χ1) is 8.99. The molecule has 1 heterocycles. The summed E-state index contributed by atoms with van der Waals surface area (Å²) in [4.78, 5) is 7.62. The first-order valence-electron chi connectivity index (χ1n) is 5.93. The van der Waals surface area contributed by atoms with Crippen molar-refractivity contribution in [1.29, 1.82) is 0 Å². The van der Waals surface area contributed by atoms with Gasteiger partial charge in [-0.05, 0) is 36.6 Å². The topological polar surface area (TPSA) is 35.0 Å². The minimum atomic E-state index is -0.528. The summed E-state index contributed by atoms with van der Waals surface area (Å²) in [6.07, 6.45) is 1.29. The molecular weight excluding hydrogens is 311 g/mol. The number of hydrogen-bond donors (Lipinski definition) is 0. The molecule has 0 amide bonds. The molecule has 1 aromatic heterocycles. The minimum absolute atomic E-state index is 0.0447. The number of nitrogens with zero attached hydrogens (tertiary/aromatic N) is 2. The molecule has 100 valence electrons. The molecule has 2 rings (SSSR count). The van der Waals surface area contributed by atoms with Crippen LogP contribution >= 0.6 is 15.9 Å². The Hall–Kier alpha value is -1.49. The Morgan fingerprint density at radius 2 is 2.00 bits per heavy atom. The number of aryl methyl sites for hydroxylation is 1. The van der Waals surface area contributed by atoms with Crippen LogP contribution in [0.1, 0.15) is 31.0 Å². The van der Waals surface area contributed by atoms with E-state index in [-0.39, 0.29) is 17.5 Å². The normalized spacial score (nSPS) is 10.8. The average Bonchev–Trinajstić information content (AvgIpc) is 2.36. The largest absolute Gasteiger partial charge is 0.436 e. The molecule has 0 N–H and O–H groups in total. The van der Waals surface area contributed by atoms with E-state index in [1.165, 1.54) is 6.33 Å². The van der Waals surface area contributed by atoms with Gasteiger partial charge >= 0.3 is 0 Å². The molecule has 0 unspecified atom stereocenters. The lowest BCUT2D eigenvalue weighted by atomic mass is 10.0. The Morgan fingerprint density at radius 3 is 2.68 bits per heavy atom. The lowest BCUT2D eigenvalue weighted by Crippen LogP contribution is -1.99. The highest BCUT2D eigenvalue weighted by Crippen LogP contribution is 2.33. The molecule has 2 aromatic rings. The number of aromatic nitrogens is 2. The molecule has 0 radical (unpaired) electrons. The van der Waals surface area contributed by atoms with E-state index < -0.39 is 5.82 Å². The lowest BCUT2D eigenvalue weighted by Gasteiger charge is -2.14. The molecule has 3 nitrogen and oxygen atoms in total. The van der Waals surface area contributed by atoms with Crippen LogP contribution in [0, 0.1) is 12.7 Å². The molecule has 19 heavy (non-hydrogen) atoms. The van der Waals surface area contributed by atoms with Crippen molar-refractivity contribution in [2.45, 2.75) is 26.7 Å². The molecule has 0 aliphatic heterocycles. The predicted molar refractivity (Wildman–Crippen MR) is 75.0 cm³/mol. The number of halogens is 2. The quantitative estimate of drug-likeness (QED) is 0.827. The molecule has 0 aliphatic carbocycles. The van der Waals surface area contributed by atoms with Crippen LogP contribution < -0.4 is 4.74 Å². The number of hydrogen-bond acceptors (Lipinski definition) is 3. The summed E-state index contributed by atoms with van der Waals surface area (Å²) in [5, 5.41) is 0. The fourth-order valence-electron chi connectivity index (χ4n) is 1.67. The SMILES string of the molecule is Cc1ncnc(Oc2ccc(Br)cc2C(C)C)c1F. The highest BCUT2D eigenvalue weighted by molar-refractivity contribution is 9.10. The zero-order valence-corrected chi connectivity index (χ0v) is 12.5. The van der Waals surface area contributed by atoms with Crippen LogP contribution in [0.4, 0.5) is 4.39 Å². The van der Waals surface area contributed by atoms with Crippen molar-refractivity contribution in [2.75, 3.05) is 0 Å². The molecule has 1 aromatic carbocycles. The van der Waals surface area contributed by atoms with Gasteiger partial charge < -0.3 is 4.74 Å². The summed E-state index contributed by atoms with van der Waals surface area (Å²) in [6, 6.07) is 5.62. The summed E-state index contributed by atoms with van der Waals surface area (Å²) in [6.45, 7) is 5.68. The number of benzene rings is 1. The van der Waals surface area contributed by atoms with E-state index in [9.17, 15) is 4.39 Å². The maximum Gasteiger partial charge on any atom is 0.259 e. The smallest absolute Gasteiger partial charge is 0.259 e. The molecule has 0 fully saturated rings. The van der Waals surface area contributed by atoms with Gasteiger partial charge in [0.2, 0.25) is 5.82 Å². The molecule has 0 saturated carbocycles. The second-order valence-corrected chi connectivity index (χ2v) is 5.43. The Balaban J connectivity index is 2.41. The number of ether oxygens (including phenoxy) is 1. The fraction of sp³-hybridized carbons (Fsp3) is 0.286. The monoisotopic (exact) mass is 324 g/mol. The van der Waals surface area contributed by atoms with Crippen LogP contribution in [0.25, 0.3) is 0 Å². The summed E-state index contributed by atoms with van der Waals surface area (Å²) in [5.74, 6) is 0.297. The summed E-state index contributed by atoms with van der Waals surface area (Å²) in [5.41, 5.74) is 1.26. The van der Waals surface area contributed by atoms with E-state index in [1.807, 2.05) is 12.1 Å². The highest BCUT2D eigenvalue weighted by Gasteiger charge is 2.14. The van der Waals surface area contributed by atoms with Crippen molar-refractivity contribution < 1.29 is 9.13 Å². The Labute approximate surface area is 120 Å². The highest BCUT2D eigenvalue weighted by atomic mass is 79.9. The van der Waals surface area contributed by atoms with Crippen molar-refractivity contribution >= 4 is 15.9 Å². The Kier molecular flexibility index (Phi) is 4.14. The van der Waals surface area contributed by atoms with E-state index in [0.29, 0.717) is 5.75 Å². The first-order valence-corrected chi connectivity index (χ1v) is 6.72. The van der Waals surface area contributed by atoms with Crippen LogP contribution in [0.3, 0.4) is 0 Å². The van der Waals surface area contributed by atoms with Gasteiger partial charge in [-0.1, -0.05) is 29.8 Å². The van der Waals surface area contributed by atoms with Gasteiger partial charge in [0.05, 0.1) is 5.69 Å². The van der Waals surface area contributed by atoms with E-state index in [4.69, 9.17) is 4.74 Å². The van der Waals surface area contributed by atoms with Crippen LogP contribution in [0.5, 0.6) is 11.6 Å². The van der Waals surface area contributed by atoms with Crippen LogP contribution in [0.15, 0.2) is 29.0 Å². The second kappa shape index (κ2) is 5.65. The zero-order valence-electron chi connectivity index (χ0n) is 10.9. The fourth-order valence-corrected chi connectivity index (χ4v) is 2.05. The molecule has 0 spiro atoms. The zero-order chi connectivity index (χ0) is 14.0. The van der Waals surface area contributed by atoms with Gasteiger partial charge in [0.1, 0.15) is 12.1 Å². The van der Waals surface area contributed by atoms with Crippen LogP contribution in [-0.2, 0) is 0 Å². The molecule has 0 atom stereocenters. The molecule has 5 heteroatoms. The Bertz CT molecular complexity index is 602. The van der Waals surface area contributed by atoms with Gasteiger partial charge in [0, 0.05) is 4.47 Å². The van der Waals surface area contributed by atoms with Gasteiger partial charge in [-0.25, -0.2) is 4.98 Å². The van der Waals surface area contributed by atoms with Crippen molar-refractivity contribution in [3.8, 4) is 11.6 Å². The van der Waals surface area contributed by atoms with Gasteiger partial charge in [-0.3, -0.25) is 0 Å². The van der Waals surface area contributed by atoms with Gasteiger partial charge in [-0.15, -0.1) is 0 Å². The van der Waals surface area contributed by atoms with Gasteiger partial charge in [0.15, 0.2) is 0 Å². The molecular formula is C14H14BrFN2O. The molecule has 0 saturated heterocycles. The molecule has 0 aliphatic rings. The maximum atomic E-state index is 13.8. The van der Waals surface area contributed by atoms with Crippen molar-refractivity contribution in [3.63, 3.8) is 0 Å². The summed E-state index contributed by atoms with van der Waals surface area (Å²) in [7, 11) is 0. The van der Waals surface area contributed by atoms with Gasteiger partial charge in [-0.2, -0.15) is 9.37 Å². The summed E-state index contributed by atoms with van der Waals surface area (Å²) >= 11 is 3.42. The van der Waals surface area contributed by atoms with Crippen LogP contribution in [0.2, 0.25) is 0 Å². The predicted octanol–water partition coefficient (Wildman–Crippen LogP) is 4.60. The third kappa shape index (κ3) is 3.10. The van der Waals surface area contributed by atoms with Crippen molar-refractivity contribution in [2.24, 2.45) is 0 Å². The summed E-state index contributed by atoms with van der Waals surface area (Å²) < 4.78 is 20.4. The third-order valence-corrected chi connectivity index (χ3v) is 3.23. The van der Waals surface area contributed by atoms with E-state index in [1.54, 1.807) is 13.0 Å². The van der Waals surface area contributed by atoms with E-state index >= 15 is 0 Å². The standard InChI is InChI=1S/C14H14BrFN2O/c1-8(2)11-6-10(15)4-5-12(11)19-14-13(16)9(3)17-7-18-14/h4-8H,1-3H3. The first kappa shape index (κ1) is 13.9. The molecule has 0 bridgehead atoms. The minimum Gasteiger partial charge on any atom is -0.436 e. The lowest BCUT2D eigenvalue weighted by molar-refractivity contribution is 0.411. The van der Waals surface area contributed by atoms with E-state index in [0.717, 1.165) is 10.0 Å². The van der Waals surface area contributed by atoms with Crippen LogP contribution in [-0.4, -0.2) is 9.97 Å². The Morgan fingerprint density at radius 1 is 1.26 bits per heavy atom. The number of rotatable bonds is 3. The van der Waals surface area contributed by atoms with Crippen molar-refractivity contribution in [3.05, 3.63) is 46.1 Å². The second-order valence-electron chi connectivity index (χ2n) is 4.52.